The van der Waals surface area contributed by atoms with Crippen LogP contribution < -0.4 is 5.73 Å². The second-order valence-corrected chi connectivity index (χ2v) is 1.70. The Bertz CT molecular complexity index is 117. The zero-order valence-corrected chi connectivity index (χ0v) is 4.95. The van der Waals surface area contributed by atoms with E-state index in [1.807, 2.05) is 0 Å². The Morgan fingerprint density at radius 3 is 2.78 bits per heavy atom. The van der Waals surface area contributed by atoms with E-state index in [0.29, 0.717) is 0 Å². The second kappa shape index (κ2) is 4.29. The summed E-state index contributed by atoms with van der Waals surface area (Å²) in [5, 5.41) is 16.6. The highest BCUT2D eigenvalue weighted by Crippen LogP contribution is 1.91. The molecule has 0 amide bonds. The van der Waals surface area contributed by atoms with Crippen LogP contribution in [0.4, 0.5) is 0 Å². The van der Waals surface area contributed by atoms with Gasteiger partial charge in [-0.3, -0.25) is 4.79 Å². The van der Waals surface area contributed by atoms with Crippen molar-refractivity contribution >= 4 is 5.97 Å². The zero-order valence-electron chi connectivity index (χ0n) is 5.95. The number of carboxylic acids is 1. The fourth-order valence-electron chi connectivity index (χ4n) is 0.378. The summed E-state index contributed by atoms with van der Waals surface area (Å²) in [6.45, 7) is -1.22. The molecular formula is C5H11NO3. The molecule has 0 radical (unpaired) electrons. The van der Waals surface area contributed by atoms with Crippen LogP contribution in [-0.4, -0.2) is 28.8 Å². The Kier molecular flexibility index (Phi) is 3.10. The van der Waals surface area contributed by atoms with Gasteiger partial charge < -0.3 is 15.9 Å². The highest BCUT2D eigenvalue weighted by Gasteiger charge is 2.08. The number of aliphatic hydroxyl groups excluding tert-OH is 1. The molecule has 0 aromatic rings. The van der Waals surface area contributed by atoms with Crippen molar-refractivity contribution in [2.24, 2.45) is 5.73 Å². The average molecular weight is 134 g/mol. The van der Waals surface area contributed by atoms with Gasteiger partial charge in [0.2, 0.25) is 0 Å². The van der Waals surface area contributed by atoms with Gasteiger partial charge in [-0.1, -0.05) is 0 Å². The summed E-state index contributed by atoms with van der Waals surface area (Å²) in [6.07, 6.45) is 0.244. The van der Waals surface area contributed by atoms with E-state index in [-0.39, 0.29) is 12.8 Å². The fourth-order valence-corrected chi connectivity index (χ4v) is 0.378. The lowest BCUT2D eigenvalue weighted by molar-refractivity contribution is -0.138. The van der Waals surface area contributed by atoms with Crippen LogP contribution >= 0.6 is 0 Å². The van der Waals surface area contributed by atoms with E-state index in [4.69, 9.17) is 17.3 Å². The molecule has 4 nitrogen and oxygen atoms in total. The molecule has 0 aromatic heterocycles. The molecular weight excluding hydrogens is 122 g/mol. The Morgan fingerprint density at radius 2 is 2.44 bits per heavy atom. The standard InChI is InChI=1S/C5H11NO3/c6-4(5(8)9)2-1-3-7/h4,7H,1-3,6H2,(H,8,9)/t4-/m0/s1/i3D/t3-,4+/m1. The molecule has 0 bridgehead atoms. The van der Waals surface area contributed by atoms with Gasteiger partial charge in [-0.15, -0.1) is 0 Å². The third kappa shape index (κ3) is 3.93. The number of rotatable bonds is 4. The van der Waals surface area contributed by atoms with Crippen molar-refractivity contribution in [3.63, 3.8) is 0 Å². The van der Waals surface area contributed by atoms with E-state index < -0.39 is 18.6 Å². The quantitative estimate of drug-likeness (QED) is 0.468. The number of hydrogen-bond acceptors (Lipinski definition) is 3. The lowest BCUT2D eigenvalue weighted by Crippen LogP contribution is -2.29. The molecule has 0 unspecified atom stereocenters. The summed E-state index contributed by atoms with van der Waals surface area (Å²) >= 11 is 0. The van der Waals surface area contributed by atoms with Gasteiger partial charge in [-0.2, -0.15) is 0 Å². The summed E-state index contributed by atoms with van der Waals surface area (Å²) in [6, 6.07) is -0.958. The normalized spacial score (nSPS) is 18.2. The van der Waals surface area contributed by atoms with E-state index in [0.717, 1.165) is 0 Å². The molecule has 4 heteroatoms. The predicted molar refractivity (Wildman–Crippen MR) is 31.9 cm³/mol. The first-order valence-corrected chi connectivity index (χ1v) is 2.62. The highest BCUT2D eigenvalue weighted by atomic mass is 16.4. The number of nitrogens with two attached hydrogens (primary N) is 1. The van der Waals surface area contributed by atoms with Crippen molar-refractivity contribution in [2.45, 2.75) is 18.9 Å². The van der Waals surface area contributed by atoms with Crippen LogP contribution in [0.3, 0.4) is 0 Å². The Labute approximate surface area is 54.7 Å². The second-order valence-electron chi connectivity index (χ2n) is 1.70. The minimum Gasteiger partial charge on any atom is -0.480 e. The summed E-state index contributed by atoms with van der Waals surface area (Å²) in [7, 11) is 0. The monoisotopic (exact) mass is 134 g/mol. The Balaban J connectivity index is 3.40. The Hall–Kier alpha value is -0.610. The van der Waals surface area contributed by atoms with E-state index in [1.165, 1.54) is 0 Å². The minimum atomic E-state index is -1.22. The van der Waals surface area contributed by atoms with Crippen molar-refractivity contribution < 1.29 is 16.4 Å². The van der Waals surface area contributed by atoms with Crippen LogP contribution in [0.5, 0.6) is 0 Å². The molecule has 54 valence electrons. The van der Waals surface area contributed by atoms with Gasteiger partial charge >= 0.3 is 5.97 Å². The molecule has 0 saturated heterocycles. The first-order valence-electron chi connectivity index (χ1n) is 3.20. The van der Waals surface area contributed by atoms with Crippen molar-refractivity contribution in [2.75, 3.05) is 6.58 Å². The molecule has 4 N–H and O–H groups in total. The minimum absolute atomic E-state index is 0.105. The third-order valence-corrected chi connectivity index (χ3v) is 0.924. The highest BCUT2D eigenvalue weighted by molar-refractivity contribution is 5.72. The van der Waals surface area contributed by atoms with E-state index >= 15 is 0 Å². The molecule has 0 fully saturated rings. The smallest absolute Gasteiger partial charge is 0.320 e. The average Bonchev–Trinajstić information content (AvgIpc) is 1.82. The number of carboxylic acid groups (broad SMARTS) is 1. The van der Waals surface area contributed by atoms with E-state index in [2.05, 4.69) is 0 Å². The van der Waals surface area contributed by atoms with Crippen LogP contribution in [-0.2, 0) is 4.79 Å². The largest absolute Gasteiger partial charge is 0.480 e. The lowest BCUT2D eigenvalue weighted by Gasteiger charge is -2.02. The summed E-state index contributed by atoms with van der Waals surface area (Å²) in [5.74, 6) is -1.10. The first-order chi connectivity index (χ1) is 4.54. The molecule has 0 spiro atoms. The number of carbonyl (C=O) groups is 1. The maximum atomic E-state index is 10.0. The molecule has 0 rings (SSSR count). The van der Waals surface area contributed by atoms with Crippen molar-refractivity contribution in [3.8, 4) is 0 Å². The van der Waals surface area contributed by atoms with Crippen LogP contribution in [0.2, 0.25) is 0 Å². The number of aliphatic hydroxyl groups is 1. The maximum absolute atomic E-state index is 10.0. The third-order valence-electron chi connectivity index (χ3n) is 0.924. The van der Waals surface area contributed by atoms with Crippen LogP contribution in [0.25, 0.3) is 0 Å². The number of hydrogen-bond donors (Lipinski definition) is 3. The summed E-state index contributed by atoms with van der Waals surface area (Å²) < 4.78 is 6.62. The number of aliphatic carboxylic acids is 1. The molecule has 0 saturated carbocycles. The van der Waals surface area contributed by atoms with Crippen LogP contribution in [0.15, 0.2) is 0 Å². The lowest BCUT2D eigenvalue weighted by atomic mass is 10.2. The van der Waals surface area contributed by atoms with Gasteiger partial charge in [-0.25, -0.2) is 0 Å². The molecule has 0 heterocycles. The predicted octanol–water partition coefficient (Wildman–Crippen LogP) is -0.829. The first kappa shape index (κ1) is 6.51. The van der Waals surface area contributed by atoms with Gasteiger partial charge in [0, 0.05) is 6.58 Å². The summed E-state index contributed by atoms with van der Waals surface area (Å²) in [5.41, 5.74) is 5.07. The van der Waals surface area contributed by atoms with Gasteiger partial charge in [0.25, 0.3) is 0 Å². The molecule has 0 aromatic carbocycles. The Morgan fingerprint density at radius 1 is 1.89 bits per heavy atom. The van der Waals surface area contributed by atoms with Crippen LogP contribution in [0, 0.1) is 0 Å². The van der Waals surface area contributed by atoms with Gasteiger partial charge in [0.05, 0.1) is 1.37 Å². The van der Waals surface area contributed by atoms with Gasteiger partial charge in [0.1, 0.15) is 6.04 Å². The fraction of sp³-hybridized carbons (Fsp3) is 0.800. The van der Waals surface area contributed by atoms with Crippen LogP contribution in [0.1, 0.15) is 14.2 Å². The molecule has 0 aliphatic rings. The molecule has 9 heavy (non-hydrogen) atoms. The topological polar surface area (TPSA) is 83.5 Å². The molecule has 0 aliphatic heterocycles. The summed E-state index contributed by atoms with van der Waals surface area (Å²) in [4.78, 5) is 10.0. The SMILES string of the molecule is [2H][C@@H](O)CC[C@H](N)C(=O)O. The van der Waals surface area contributed by atoms with Crippen molar-refractivity contribution in [1.82, 2.24) is 0 Å². The van der Waals surface area contributed by atoms with E-state index in [1.54, 1.807) is 0 Å². The van der Waals surface area contributed by atoms with E-state index in [9.17, 15) is 4.79 Å². The van der Waals surface area contributed by atoms with Crippen molar-refractivity contribution in [1.29, 1.82) is 0 Å². The van der Waals surface area contributed by atoms with Gasteiger partial charge in [0.15, 0.2) is 0 Å². The molecule has 2 atom stereocenters. The molecule has 0 aliphatic carbocycles. The maximum Gasteiger partial charge on any atom is 0.320 e. The zero-order chi connectivity index (χ0) is 8.15. The van der Waals surface area contributed by atoms with Crippen molar-refractivity contribution in [3.05, 3.63) is 0 Å². The van der Waals surface area contributed by atoms with Gasteiger partial charge in [-0.05, 0) is 12.8 Å².